The number of carbonyl (C=O) groups is 3. The molecule has 0 aliphatic heterocycles. The van der Waals surface area contributed by atoms with Crippen LogP contribution in [0.1, 0.15) is 10.4 Å². The SMILES string of the molecule is CN(C)C(=O)CNC(=O)Nc1ccc(O)cc1C(=O)O. The van der Waals surface area contributed by atoms with Crippen molar-refractivity contribution < 1.29 is 24.6 Å². The smallest absolute Gasteiger partial charge is 0.337 e. The Morgan fingerprint density at radius 2 is 1.90 bits per heavy atom. The standard InChI is InChI=1S/C12H15N3O5/c1-15(2)10(17)6-13-12(20)14-9-4-3-7(16)5-8(9)11(18)19/h3-5,16H,6H2,1-2H3,(H,18,19)(H2,13,14,20). The number of aromatic hydroxyl groups is 1. The normalized spacial score (nSPS) is 9.70. The van der Waals surface area contributed by atoms with Crippen LogP contribution >= 0.6 is 0 Å². The molecular weight excluding hydrogens is 266 g/mol. The number of phenols is 1. The van der Waals surface area contributed by atoms with Crippen molar-refractivity contribution in [2.24, 2.45) is 0 Å². The second kappa shape index (κ2) is 6.41. The number of carboxylic acids is 1. The van der Waals surface area contributed by atoms with E-state index in [2.05, 4.69) is 10.6 Å². The Balaban J connectivity index is 2.71. The molecule has 0 unspecified atom stereocenters. The number of likely N-dealkylation sites (N-methyl/N-ethyl adjacent to an activating group) is 1. The molecule has 3 amide bonds. The number of aromatic carboxylic acids is 1. The summed E-state index contributed by atoms with van der Waals surface area (Å²) >= 11 is 0. The van der Waals surface area contributed by atoms with Crippen LogP contribution in [0.15, 0.2) is 18.2 Å². The van der Waals surface area contributed by atoms with E-state index in [-0.39, 0.29) is 29.5 Å². The van der Waals surface area contributed by atoms with E-state index in [0.717, 1.165) is 6.07 Å². The van der Waals surface area contributed by atoms with Crippen molar-refractivity contribution in [2.45, 2.75) is 0 Å². The minimum absolute atomic E-state index is 0.0186. The van der Waals surface area contributed by atoms with Gasteiger partial charge in [-0.2, -0.15) is 0 Å². The summed E-state index contributed by atoms with van der Waals surface area (Å²) in [5.74, 6) is -1.82. The molecule has 0 saturated heterocycles. The fraction of sp³-hybridized carbons (Fsp3) is 0.250. The third-order valence-electron chi connectivity index (χ3n) is 2.38. The molecule has 1 rings (SSSR count). The van der Waals surface area contributed by atoms with Crippen LogP contribution in [0.3, 0.4) is 0 Å². The Hall–Kier alpha value is -2.77. The van der Waals surface area contributed by atoms with Gasteiger partial charge in [0.1, 0.15) is 5.75 Å². The maximum absolute atomic E-state index is 11.6. The maximum Gasteiger partial charge on any atom is 0.337 e. The molecule has 8 nitrogen and oxygen atoms in total. The molecule has 0 fully saturated rings. The van der Waals surface area contributed by atoms with Crippen molar-refractivity contribution in [2.75, 3.05) is 26.0 Å². The largest absolute Gasteiger partial charge is 0.508 e. The number of carboxylic acid groups (broad SMARTS) is 1. The zero-order valence-corrected chi connectivity index (χ0v) is 11.0. The highest BCUT2D eigenvalue weighted by molar-refractivity contribution is 6.01. The minimum Gasteiger partial charge on any atom is -0.508 e. The Morgan fingerprint density at radius 3 is 2.45 bits per heavy atom. The van der Waals surface area contributed by atoms with E-state index in [0.29, 0.717) is 0 Å². The van der Waals surface area contributed by atoms with E-state index < -0.39 is 12.0 Å². The van der Waals surface area contributed by atoms with Crippen molar-refractivity contribution >= 4 is 23.6 Å². The molecule has 0 atom stereocenters. The molecule has 0 bridgehead atoms. The molecule has 0 heterocycles. The molecule has 108 valence electrons. The van der Waals surface area contributed by atoms with Gasteiger partial charge in [0.05, 0.1) is 17.8 Å². The van der Waals surface area contributed by atoms with Gasteiger partial charge in [0.2, 0.25) is 5.91 Å². The van der Waals surface area contributed by atoms with Crippen LogP contribution < -0.4 is 10.6 Å². The van der Waals surface area contributed by atoms with Crippen LogP contribution in [-0.2, 0) is 4.79 Å². The highest BCUT2D eigenvalue weighted by atomic mass is 16.4. The van der Waals surface area contributed by atoms with Crippen LogP contribution in [0, 0.1) is 0 Å². The summed E-state index contributed by atoms with van der Waals surface area (Å²) in [5.41, 5.74) is -0.232. The van der Waals surface area contributed by atoms with E-state index in [1.165, 1.54) is 17.0 Å². The van der Waals surface area contributed by atoms with Gasteiger partial charge >= 0.3 is 12.0 Å². The number of rotatable bonds is 4. The average Bonchev–Trinajstić information content (AvgIpc) is 2.37. The summed E-state index contributed by atoms with van der Waals surface area (Å²) in [4.78, 5) is 35.1. The molecule has 0 aliphatic carbocycles. The monoisotopic (exact) mass is 281 g/mol. The predicted octanol–water partition coefficient (Wildman–Crippen LogP) is 0.300. The van der Waals surface area contributed by atoms with Crippen LogP contribution in [0.25, 0.3) is 0 Å². The second-order valence-corrected chi connectivity index (χ2v) is 4.13. The first-order valence-electron chi connectivity index (χ1n) is 5.62. The fourth-order valence-corrected chi connectivity index (χ4v) is 1.30. The zero-order chi connectivity index (χ0) is 15.3. The van der Waals surface area contributed by atoms with Gasteiger partial charge in [-0.05, 0) is 18.2 Å². The zero-order valence-electron chi connectivity index (χ0n) is 11.0. The van der Waals surface area contributed by atoms with Crippen LogP contribution in [-0.4, -0.2) is 53.7 Å². The number of carbonyl (C=O) groups excluding carboxylic acids is 2. The number of hydrogen-bond acceptors (Lipinski definition) is 4. The number of anilines is 1. The third kappa shape index (κ3) is 4.16. The van der Waals surface area contributed by atoms with Crippen molar-refractivity contribution in [3.8, 4) is 5.75 Å². The first-order valence-corrected chi connectivity index (χ1v) is 5.62. The topological polar surface area (TPSA) is 119 Å². The van der Waals surface area contributed by atoms with Gasteiger partial charge in [-0.15, -0.1) is 0 Å². The number of nitrogens with one attached hydrogen (secondary N) is 2. The van der Waals surface area contributed by atoms with Gasteiger partial charge in [-0.3, -0.25) is 4.79 Å². The first-order chi connectivity index (χ1) is 9.31. The summed E-state index contributed by atoms with van der Waals surface area (Å²) in [6, 6.07) is 2.80. The quantitative estimate of drug-likeness (QED) is 0.592. The molecule has 1 aromatic carbocycles. The summed E-state index contributed by atoms with van der Waals surface area (Å²) in [6.45, 7) is -0.209. The van der Waals surface area contributed by atoms with E-state index in [9.17, 15) is 19.5 Å². The van der Waals surface area contributed by atoms with Crippen molar-refractivity contribution in [3.63, 3.8) is 0 Å². The molecule has 0 radical (unpaired) electrons. The number of benzene rings is 1. The van der Waals surface area contributed by atoms with E-state index >= 15 is 0 Å². The fourth-order valence-electron chi connectivity index (χ4n) is 1.30. The highest BCUT2D eigenvalue weighted by Crippen LogP contribution is 2.21. The van der Waals surface area contributed by atoms with Gasteiger partial charge in [0, 0.05) is 14.1 Å². The van der Waals surface area contributed by atoms with Gasteiger partial charge < -0.3 is 25.7 Å². The molecule has 20 heavy (non-hydrogen) atoms. The molecule has 0 aliphatic rings. The molecule has 0 saturated carbocycles. The number of amides is 3. The molecule has 0 spiro atoms. The van der Waals surface area contributed by atoms with Crippen LogP contribution in [0.4, 0.5) is 10.5 Å². The summed E-state index contributed by atoms with van der Waals surface area (Å²) < 4.78 is 0. The molecule has 1 aromatic rings. The van der Waals surface area contributed by atoms with Gasteiger partial charge in [0.15, 0.2) is 0 Å². The number of hydrogen-bond donors (Lipinski definition) is 4. The Morgan fingerprint density at radius 1 is 1.25 bits per heavy atom. The summed E-state index contributed by atoms with van der Waals surface area (Å²) in [7, 11) is 3.09. The van der Waals surface area contributed by atoms with Crippen LogP contribution in [0.2, 0.25) is 0 Å². The summed E-state index contributed by atoms with van der Waals surface area (Å²) in [6.07, 6.45) is 0. The van der Waals surface area contributed by atoms with E-state index in [1.54, 1.807) is 14.1 Å². The average molecular weight is 281 g/mol. The number of nitrogens with zero attached hydrogens (tertiary/aromatic N) is 1. The molecule has 0 aromatic heterocycles. The molecule has 8 heteroatoms. The Labute approximate surface area is 115 Å². The second-order valence-electron chi connectivity index (χ2n) is 4.13. The lowest BCUT2D eigenvalue weighted by Gasteiger charge is -2.12. The van der Waals surface area contributed by atoms with E-state index in [1.807, 2.05) is 0 Å². The van der Waals surface area contributed by atoms with Gasteiger partial charge in [-0.25, -0.2) is 9.59 Å². The van der Waals surface area contributed by atoms with Gasteiger partial charge in [0.25, 0.3) is 0 Å². The maximum atomic E-state index is 11.6. The molecule has 4 N–H and O–H groups in total. The predicted molar refractivity (Wildman–Crippen MR) is 70.8 cm³/mol. The van der Waals surface area contributed by atoms with Crippen molar-refractivity contribution in [1.82, 2.24) is 10.2 Å². The number of urea groups is 1. The van der Waals surface area contributed by atoms with Crippen molar-refractivity contribution in [3.05, 3.63) is 23.8 Å². The molecular formula is C12H15N3O5. The van der Waals surface area contributed by atoms with Crippen molar-refractivity contribution in [1.29, 1.82) is 0 Å². The van der Waals surface area contributed by atoms with Crippen LogP contribution in [0.5, 0.6) is 5.75 Å². The lowest BCUT2D eigenvalue weighted by molar-refractivity contribution is -0.127. The van der Waals surface area contributed by atoms with E-state index in [4.69, 9.17) is 5.11 Å². The Bertz CT molecular complexity index is 542. The third-order valence-corrected chi connectivity index (χ3v) is 2.38. The number of phenolic OH excluding ortho intramolecular Hbond substituents is 1. The lowest BCUT2D eigenvalue weighted by atomic mass is 10.1. The summed E-state index contributed by atoms with van der Waals surface area (Å²) in [5, 5.41) is 22.8. The highest BCUT2D eigenvalue weighted by Gasteiger charge is 2.14. The lowest BCUT2D eigenvalue weighted by Crippen LogP contribution is -2.38. The minimum atomic E-state index is -1.29. The first kappa shape index (κ1) is 15.3. The Kier molecular flexibility index (Phi) is 4.90. The van der Waals surface area contributed by atoms with Gasteiger partial charge in [-0.1, -0.05) is 0 Å².